The van der Waals surface area contributed by atoms with E-state index in [0.29, 0.717) is 0 Å². The molecule has 2 aliphatic rings. The molecule has 0 fully saturated rings. The van der Waals surface area contributed by atoms with E-state index in [-0.39, 0.29) is 0 Å². The van der Waals surface area contributed by atoms with Crippen molar-refractivity contribution in [3.8, 4) is 11.5 Å². The summed E-state index contributed by atoms with van der Waals surface area (Å²) in [6.45, 7) is 0. The first-order chi connectivity index (χ1) is 13.2. The summed E-state index contributed by atoms with van der Waals surface area (Å²) in [7, 11) is 3.44. The van der Waals surface area contributed by atoms with Gasteiger partial charge in [0.05, 0.1) is 19.8 Å². The van der Waals surface area contributed by atoms with Crippen LogP contribution in [0.5, 0.6) is 11.5 Å². The highest BCUT2D eigenvalue weighted by molar-refractivity contribution is 14.1. The minimum Gasteiger partial charge on any atom is -0.496 e. The Morgan fingerprint density at radius 2 is 1.74 bits per heavy atom. The second-order valence-corrected chi connectivity index (χ2v) is 8.17. The summed E-state index contributed by atoms with van der Waals surface area (Å²) >= 11 is 6.20. The summed E-state index contributed by atoms with van der Waals surface area (Å²) in [6.07, 6.45) is 8.58. The van der Waals surface area contributed by atoms with Crippen molar-refractivity contribution < 1.29 is 9.47 Å². The average molecular weight is 539 g/mol. The van der Waals surface area contributed by atoms with Crippen molar-refractivity contribution in [2.75, 3.05) is 18.6 Å². The van der Waals surface area contributed by atoms with E-state index in [1.807, 2.05) is 18.2 Å². The number of hydrogen-bond donors (Lipinski definition) is 0. The van der Waals surface area contributed by atoms with E-state index in [9.17, 15) is 0 Å². The molecule has 0 radical (unpaired) electrons. The second kappa shape index (κ2) is 9.78. The standard InChI is InChI=1S/C23H24BrIO2/c1-26-21-8-5-9-22(27-2)23(21)19-7-4-3-6-17-12-10-16(14-20(17)24)11-13-18(19)15-25/h4-5,7-10,12,14H,3,6,11,13,15H2,1-2H3/b7-4+,19-18+. The van der Waals surface area contributed by atoms with Crippen LogP contribution in [0.1, 0.15) is 29.5 Å². The molecule has 2 nitrogen and oxygen atoms in total. The van der Waals surface area contributed by atoms with Crippen LogP contribution in [0.15, 0.2) is 58.6 Å². The normalized spacial score (nSPS) is 18.5. The molecule has 0 spiro atoms. The highest BCUT2D eigenvalue weighted by Crippen LogP contribution is 2.39. The van der Waals surface area contributed by atoms with Gasteiger partial charge in [-0.1, -0.05) is 74.4 Å². The fourth-order valence-electron chi connectivity index (χ4n) is 3.45. The Bertz CT molecular complexity index is 848. The molecular formula is C23H24BrIO2. The quantitative estimate of drug-likeness (QED) is 0.315. The van der Waals surface area contributed by atoms with Crippen LogP contribution < -0.4 is 9.47 Å². The number of halogens is 2. The molecule has 4 heteroatoms. The zero-order chi connectivity index (χ0) is 19.2. The maximum Gasteiger partial charge on any atom is 0.130 e. The summed E-state index contributed by atoms with van der Waals surface area (Å²) in [5.41, 5.74) is 6.42. The minimum absolute atomic E-state index is 0.856. The van der Waals surface area contributed by atoms with Crippen molar-refractivity contribution >= 4 is 44.1 Å². The summed E-state index contributed by atoms with van der Waals surface area (Å²) in [5, 5.41) is 0. The molecule has 0 amide bonds. The maximum absolute atomic E-state index is 5.68. The van der Waals surface area contributed by atoms with E-state index in [1.165, 1.54) is 26.7 Å². The van der Waals surface area contributed by atoms with E-state index in [4.69, 9.17) is 9.47 Å². The number of fused-ring (bicyclic) bond motifs is 7. The van der Waals surface area contributed by atoms with Crippen LogP contribution in [-0.2, 0) is 12.8 Å². The summed E-state index contributed by atoms with van der Waals surface area (Å²) in [5.74, 6) is 1.71. The number of allylic oxidation sites excluding steroid dienone is 4. The molecule has 0 atom stereocenters. The molecule has 0 unspecified atom stereocenters. The smallest absolute Gasteiger partial charge is 0.130 e. The molecule has 2 aliphatic carbocycles. The Morgan fingerprint density at radius 1 is 1.00 bits per heavy atom. The Balaban J connectivity index is 2.11. The first kappa shape index (κ1) is 20.5. The molecule has 0 N–H and O–H groups in total. The van der Waals surface area contributed by atoms with Gasteiger partial charge >= 0.3 is 0 Å². The number of hydrogen-bond acceptors (Lipinski definition) is 2. The number of rotatable bonds is 4. The maximum atomic E-state index is 5.68. The average Bonchev–Trinajstić information content (AvgIpc) is 2.69. The number of methoxy groups -OCH3 is 2. The largest absolute Gasteiger partial charge is 0.496 e. The van der Waals surface area contributed by atoms with Crippen LogP contribution in [-0.4, -0.2) is 18.6 Å². The fourth-order valence-corrected chi connectivity index (χ4v) is 4.87. The lowest BCUT2D eigenvalue weighted by atomic mass is 9.93. The fraction of sp³-hybridized carbons (Fsp3) is 0.304. The van der Waals surface area contributed by atoms with E-state index < -0.39 is 0 Å². The van der Waals surface area contributed by atoms with Crippen LogP contribution in [0.4, 0.5) is 0 Å². The van der Waals surface area contributed by atoms with Crippen molar-refractivity contribution in [1.29, 1.82) is 0 Å². The summed E-state index contributed by atoms with van der Waals surface area (Å²) < 4.78 is 13.6. The number of alkyl halides is 1. The van der Waals surface area contributed by atoms with Crippen molar-refractivity contribution in [1.82, 2.24) is 0 Å². The summed E-state index contributed by atoms with van der Waals surface area (Å²) in [6, 6.07) is 12.8. The number of benzene rings is 2. The van der Waals surface area contributed by atoms with Crippen molar-refractivity contribution in [3.05, 3.63) is 75.3 Å². The van der Waals surface area contributed by atoms with Gasteiger partial charge in [-0.15, -0.1) is 0 Å². The molecule has 0 saturated carbocycles. The molecule has 0 saturated heterocycles. The van der Waals surface area contributed by atoms with E-state index in [0.717, 1.165) is 47.2 Å². The number of aryl methyl sites for hydroxylation is 2. The molecule has 2 aromatic carbocycles. The Labute approximate surface area is 183 Å². The van der Waals surface area contributed by atoms with E-state index in [1.54, 1.807) is 14.2 Å². The van der Waals surface area contributed by atoms with Gasteiger partial charge in [-0.2, -0.15) is 0 Å². The third-order valence-corrected chi connectivity index (χ3v) is 6.60. The summed E-state index contributed by atoms with van der Waals surface area (Å²) in [4.78, 5) is 0. The SMILES string of the molecule is COc1cccc(OC)c1C1=C(/CI)CCc2ccc(c(Br)c2)CC\C=C\1. The first-order valence-electron chi connectivity index (χ1n) is 9.11. The predicted molar refractivity (Wildman–Crippen MR) is 125 cm³/mol. The van der Waals surface area contributed by atoms with Gasteiger partial charge in [-0.25, -0.2) is 0 Å². The monoisotopic (exact) mass is 538 g/mol. The van der Waals surface area contributed by atoms with Crippen LogP contribution in [0.3, 0.4) is 0 Å². The zero-order valence-corrected chi connectivity index (χ0v) is 19.5. The Kier molecular flexibility index (Phi) is 7.41. The minimum atomic E-state index is 0.856. The molecule has 142 valence electrons. The Hall–Kier alpha value is -1.27. The predicted octanol–water partition coefficient (Wildman–Crippen LogP) is 6.79. The lowest BCUT2D eigenvalue weighted by Crippen LogP contribution is -2.01. The van der Waals surface area contributed by atoms with Gasteiger partial charge in [0.2, 0.25) is 0 Å². The number of ether oxygens (including phenoxy) is 2. The molecular weight excluding hydrogens is 515 g/mol. The van der Waals surface area contributed by atoms with Gasteiger partial charge in [0, 0.05) is 8.90 Å². The zero-order valence-electron chi connectivity index (χ0n) is 15.7. The van der Waals surface area contributed by atoms with E-state index >= 15 is 0 Å². The molecule has 0 aromatic heterocycles. The lowest BCUT2D eigenvalue weighted by molar-refractivity contribution is 0.392. The molecule has 2 bridgehead atoms. The molecule has 0 heterocycles. The third-order valence-electron chi connectivity index (χ3n) is 4.94. The van der Waals surface area contributed by atoms with Gasteiger partial charge in [-0.05, 0) is 60.6 Å². The van der Waals surface area contributed by atoms with Gasteiger partial charge < -0.3 is 9.47 Å². The third kappa shape index (κ3) is 4.77. The molecule has 2 aromatic rings. The van der Waals surface area contributed by atoms with Crippen LogP contribution >= 0.6 is 38.5 Å². The highest BCUT2D eigenvalue weighted by atomic mass is 127. The van der Waals surface area contributed by atoms with Gasteiger partial charge in [0.1, 0.15) is 11.5 Å². The van der Waals surface area contributed by atoms with Crippen molar-refractivity contribution in [3.63, 3.8) is 0 Å². The van der Waals surface area contributed by atoms with Gasteiger partial charge in [0.15, 0.2) is 0 Å². The molecule has 0 aliphatic heterocycles. The van der Waals surface area contributed by atoms with Crippen LogP contribution in [0.2, 0.25) is 0 Å². The second-order valence-electron chi connectivity index (χ2n) is 6.56. The molecule has 27 heavy (non-hydrogen) atoms. The highest BCUT2D eigenvalue weighted by Gasteiger charge is 2.17. The topological polar surface area (TPSA) is 18.5 Å². The van der Waals surface area contributed by atoms with Gasteiger partial charge in [-0.3, -0.25) is 0 Å². The van der Waals surface area contributed by atoms with E-state index in [2.05, 4.69) is 68.9 Å². The van der Waals surface area contributed by atoms with Crippen molar-refractivity contribution in [2.24, 2.45) is 0 Å². The Morgan fingerprint density at radius 3 is 2.37 bits per heavy atom. The van der Waals surface area contributed by atoms with Crippen molar-refractivity contribution in [2.45, 2.75) is 25.7 Å². The van der Waals surface area contributed by atoms with Gasteiger partial charge in [0.25, 0.3) is 0 Å². The van der Waals surface area contributed by atoms with Crippen LogP contribution in [0.25, 0.3) is 5.57 Å². The molecule has 4 rings (SSSR count). The van der Waals surface area contributed by atoms with Crippen LogP contribution in [0, 0.1) is 0 Å². The lowest BCUT2D eigenvalue weighted by Gasteiger charge is -2.18. The first-order valence-corrected chi connectivity index (χ1v) is 11.4.